The second-order valence-electron chi connectivity index (χ2n) is 8.48. The summed E-state index contributed by atoms with van der Waals surface area (Å²) >= 11 is 0. The fraction of sp³-hybridized carbons (Fsp3) is 0.391. The number of alkyl halides is 5. The molecule has 3 N–H and O–H groups in total. The number of imidazole rings is 1. The second-order valence-corrected chi connectivity index (χ2v) is 8.48. The summed E-state index contributed by atoms with van der Waals surface area (Å²) in [6.45, 7) is 0.248. The molecule has 2 heterocycles. The molecular formula is C23H22F5N5O3. The first-order valence-electron chi connectivity index (χ1n) is 11.1. The van der Waals surface area contributed by atoms with Gasteiger partial charge in [-0.25, -0.2) is 8.78 Å². The standard InChI is InChI=1S/C23H22F5N5O3/c1-11(34)14-8-17-20(32-21(14)36-10-18(24)25)33-22(31-17)30-16-6-13(4-5-15(16)23(26,27)28)9-29-19(35)7-12-2-3-12/h4-6,8,12,18H,2-3,7,9-10H2,1H3,(H,29,35)(H2,30,31,32,33). The van der Waals surface area contributed by atoms with Gasteiger partial charge in [-0.15, -0.1) is 0 Å². The van der Waals surface area contributed by atoms with Crippen LogP contribution in [0.15, 0.2) is 24.3 Å². The van der Waals surface area contributed by atoms with Crippen molar-refractivity contribution in [1.82, 2.24) is 20.3 Å². The van der Waals surface area contributed by atoms with E-state index in [0.717, 1.165) is 18.9 Å². The van der Waals surface area contributed by atoms with Crippen molar-refractivity contribution in [2.45, 2.75) is 45.3 Å². The number of hydrogen-bond donors (Lipinski definition) is 3. The molecule has 3 aromatic rings. The predicted molar refractivity (Wildman–Crippen MR) is 119 cm³/mol. The Balaban J connectivity index is 1.60. The first-order chi connectivity index (χ1) is 17.0. The van der Waals surface area contributed by atoms with Crippen molar-refractivity contribution in [3.05, 3.63) is 41.0 Å². The number of carbonyl (C=O) groups is 2. The van der Waals surface area contributed by atoms with Gasteiger partial charge in [0.2, 0.25) is 17.7 Å². The number of H-pyrrole nitrogens is 1. The molecule has 0 saturated heterocycles. The van der Waals surface area contributed by atoms with Crippen LogP contribution in [0.5, 0.6) is 5.88 Å². The van der Waals surface area contributed by atoms with Crippen LogP contribution in [-0.2, 0) is 17.5 Å². The van der Waals surface area contributed by atoms with E-state index in [4.69, 9.17) is 4.74 Å². The van der Waals surface area contributed by atoms with Crippen LogP contribution in [0.1, 0.15) is 47.7 Å². The molecule has 192 valence electrons. The van der Waals surface area contributed by atoms with Crippen molar-refractivity contribution in [1.29, 1.82) is 0 Å². The van der Waals surface area contributed by atoms with E-state index >= 15 is 0 Å². The predicted octanol–water partition coefficient (Wildman–Crippen LogP) is 4.98. The van der Waals surface area contributed by atoms with Crippen LogP contribution >= 0.6 is 0 Å². The molecular weight excluding hydrogens is 489 g/mol. The number of Topliss-reactive ketones (excluding diaryl/α,β-unsaturated/α-hetero) is 1. The summed E-state index contributed by atoms with van der Waals surface area (Å²) in [5.41, 5.74) is -0.803. The third kappa shape index (κ3) is 6.26. The number of nitrogens with zero attached hydrogens (tertiary/aromatic N) is 2. The van der Waals surface area contributed by atoms with E-state index in [2.05, 4.69) is 25.6 Å². The first kappa shape index (κ1) is 25.3. The van der Waals surface area contributed by atoms with E-state index in [1.54, 1.807) is 0 Å². The molecule has 0 radical (unpaired) electrons. The van der Waals surface area contributed by atoms with Crippen molar-refractivity contribution >= 4 is 34.5 Å². The zero-order valence-corrected chi connectivity index (χ0v) is 19.0. The number of benzene rings is 1. The van der Waals surface area contributed by atoms with E-state index in [-0.39, 0.29) is 46.7 Å². The van der Waals surface area contributed by atoms with Gasteiger partial charge in [-0.3, -0.25) is 9.59 Å². The number of fused-ring (bicyclic) bond motifs is 1. The Hall–Kier alpha value is -3.77. The summed E-state index contributed by atoms with van der Waals surface area (Å²) in [5, 5.41) is 5.28. The molecule has 1 amide bonds. The number of pyridine rings is 1. The van der Waals surface area contributed by atoms with Gasteiger partial charge in [0, 0.05) is 13.0 Å². The van der Waals surface area contributed by atoms with E-state index < -0.39 is 30.6 Å². The lowest BCUT2D eigenvalue weighted by Gasteiger charge is -2.15. The molecule has 0 atom stereocenters. The molecule has 2 aromatic heterocycles. The Morgan fingerprint density at radius 1 is 1.19 bits per heavy atom. The number of anilines is 2. The Bertz CT molecular complexity index is 1290. The minimum absolute atomic E-state index is 0.0485. The van der Waals surface area contributed by atoms with Crippen LogP contribution in [0.25, 0.3) is 11.2 Å². The number of amides is 1. The van der Waals surface area contributed by atoms with Crippen molar-refractivity contribution in [2.75, 3.05) is 11.9 Å². The molecule has 4 rings (SSSR count). The lowest BCUT2D eigenvalue weighted by Crippen LogP contribution is -2.23. The third-order valence-corrected chi connectivity index (χ3v) is 5.47. The maximum absolute atomic E-state index is 13.6. The van der Waals surface area contributed by atoms with E-state index in [1.165, 1.54) is 25.1 Å². The van der Waals surface area contributed by atoms with Gasteiger partial charge in [0.1, 0.15) is 0 Å². The number of nitrogens with one attached hydrogen (secondary N) is 3. The van der Waals surface area contributed by atoms with Gasteiger partial charge < -0.3 is 20.4 Å². The smallest absolute Gasteiger partial charge is 0.418 e. The zero-order chi connectivity index (χ0) is 26.0. The van der Waals surface area contributed by atoms with Crippen molar-refractivity contribution in [3.8, 4) is 5.88 Å². The summed E-state index contributed by atoms with van der Waals surface area (Å²) < 4.78 is 70.9. The number of carbonyl (C=O) groups excluding carboxylic acids is 2. The number of aromatic nitrogens is 3. The van der Waals surface area contributed by atoms with Gasteiger partial charge in [0.05, 0.1) is 22.3 Å². The Kier molecular flexibility index (Phi) is 7.09. The molecule has 1 fully saturated rings. The Morgan fingerprint density at radius 2 is 1.94 bits per heavy atom. The molecule has 0 aliphatic heterocycles. The molecule has 1 saturated carbocycles. The Labute approximate surface area is 201 Å². The molecule has 8 nitrogen and oxygen atoms in total. The van der Waals surface area contributed by atoms with E-state index in [1.807, 2.05) is 0 Å². The lowest BCUT2D eigenvalue weighted by molar-refractivity contribution is -0.137. The first-order valence-corrected chi connectivity index (χ1v) is 11.1. The van der Waals surface area contributed by atoms with Crippen molar-refractivity contribution < 1.29 is 36.3 Å². The maximum atomic E-state index is 13.6. The van der Waals surface area contributed by atoms with Crippen LogP contribution in [0.2, 0.25) is 0 Å². The molecule has 13 heteroatoms. The topological polar surface area (TPSA) is 109 Å². The summed E-state index contributed by atoms with van der Waals surface area (Å²) in [7, 11) is 0. The van der Waals surface area contributed by atoms with Crippen molar-refractivity contribution in [2.24, 2.45) is 5.92 Å². The van der Waals surface area contributed by atoms with Crippen LogP contribution in [0, 0.1) is 5.92 Å². The highest BCUT2D eigenvalue weighted by molar-refractivity contribution is 5.99. The molecule has 36 heavy (non-hydrogen) atoms. The molecule has 0 bridgehead atoms. The van der Waals surface area contributed by atoms with Crippen LogP contribution < -0.4 is 15.4 Å². The molecule has 1 aromatic carbocycles. The summed E-state index contributed by atoms with van der Waals surface area (Å²) in [6, 6.07) is 4.70. The number of hydrogen-bond acceptors (Lipinski definition) is 6. The second kappa shape index (κ2) is 10.1. The molecule has 1 aliphatic rings. The molecule has 1 aliphatic carbocycles. The zero-order valence-electron chi connectivity index (χ0n) is 19.0. The van der Waals surface area contributed by atoms with Gasteiger partial charge in [0.15, 0.2) is 18.0 Å². The van der Waals surface area contributed by atoms with Gasteiger partial charge in [-0.1, -0.05) is 6.07 Å². The van der Waals surface area contributed by atoms with Gasteiger partial charge in [-0.2, -0.15) is 23.1 Å². The highest BCUT2D eigenvalue weighted by Crippen LogP contribution is 2.37. The number of rotatable bonds is 10. The molecule has 0 unspecified atom stereocenters. The normalized spacial score (nSPS) is 13.8. The SMILES string of the molecule is CC(=O)c1cc2[nH]c(Nc3cc(CNC(=O)CC4CC4)ccc3C(F)(F)F)nc2nc1OCC(F)F. The number of ether oxygens (including phenoxy) is 1. The summed E-state index contributed by atoms with van der Waals surface area (Å²) in [4.78, 5) is 34.6. The van der Waals surface area contributed by atoms with Crippen LogP contribution in [0.3, 0.4) is 0 Å². The third-order valence-electron chi connectivity index (χ3n) is 5.47. The summed E-state index contributed by atoms with van der Waals surface area (Å²) in [6.07, 6.45) is -5.09. The summed E-state index contributed by atoms with van der Waals surface area (Å²) in [5.74, 6) is -0.775. The Morgan fingerprint density at radius 3 is 2.58 bits per heavy atom. The average molecular weight is 511 g/mol. The van der Waals surface area contributed by atoms with Gasteiger partial charge >= 0.3 is 6.18 Å². The number of aromatic amines is 1. The highest BCUT2D eigenvalue weighted by atomic mass is 19.4. The van der Waals surface area contributed by atoms with Crippen molar-refractivity contribution in [3.63, 3.8) is 0 Å². The van der Waals surface area contributed by atoms with Crippen LogP contribution in [-0.4, -0.2) is 39.7 Å². The minimum Gasteiger partial charge on any atom is -0.471 e. The number of halogens is 5. The van der Waals surface area contributed by atoms with Crippen LogP contribution in [0.4, 0.5) is 33.6 Å². The largest absolute Gasteiger partial charge is 0.471 e. The maximum Gasteiger partial charge on any atom is 0.418 e. The average Bonchev–Trinajstić information content (AvgIpc) is 3.51. The monoisotopic (exact) mass is 511 g/mol. The number of ketones is 1. The van der Waals surface area contributed by atoms with Gasteiger partial charge in [-0.05, 0) is 49.4 Å². The fourth-order valence-electron chi connectivity index (χ4n) is 3.53. The van der Waals surface area contributed by atoms with E-state index in [9.17, 15) is 31.5 Å². The van der Waals surface area contributed by atoms with E-state index in [0.29, 0.717) is 17.9 Å². The highest BCUT2D eigenvalue weighted by Gasteiger charge is 2.34. The fourth-order valence-corrected chi connectivity index (χ4v) is 3.53. The minimum atomic E-state index is -4.68. The van der Waals surface area contributed by atoms with Gasteiger partial charge in [0.25, 0.3) is 6.43 Å². The quantitative estimate of drug-likeness (QED) is 0.262. The molecule has 0 spiro atoms. The lowest BCUT2D eigenvalue weighted by atomic mass is 10.1.